The Morgan fingerprint density at radius 1 is 1.41 bits per heavy atom. The molecule has 0 unspecified atom stereocenters. The highest BCUT2D eigenvalue weighted by Crippen LogP contribution is 2.27. The Labute approximate surface area is 128 Å². The van der Waals surface area contributed by atoms with E-state index in [1.165, 1.54) is 0 Å². The number of hydrogen-bond donors (Lipinski definition) is 2. The number of H-pyrrole nitrogens is 1. The van der Waals surface area contributed by atoms with Crippen molar-refractivity contribution in [2.45, 2.75) is 6.42 Å². The van der Waals surface area contributed by atoms with Crippen molar-refractivity contribution < 1.29 is 19.4 Å². The SMILES string of the molecule is COc1ccc2[nH]c(C(=O)O)c(CCN3CCOCC3)c2c1. The molecule has 2 aromatic rings. The van der Waals surface area contributed by atoms with Gasteiger partial charge < -0.3 is 19.6 Å². The lowest BCUT2D eigenvalue weighted by Gasteiger charge is -2.26. The minimum absolute atomic E-state index is 0.275. The van der Waals surface area contributed by atoms with Crippen molar-refractivity contribution in [2.24, 2.45) is 0 Å². The molecule has 0 saturated carbocycles. The Bertz CT molecular complexity index is 674. The van der Waals surface area contributed by atoms with E-state index in [1.807, 2.05) is 18.2 Å². The maximum Gasteiger partial charge on any atom is 0.352 e. The van der Waals surface area contributed by atoms with Gasteiger partial charge in [-0.1, -0.05) is 0 Å². The smallest absolute Gasteiger partial charge is 0.352 e. The quantitative estimate of drug-likeness (QED) is 0.880. The summed E-state index contributed by atoms with van der Waals surface area (Å²) in [6, 6.07) is 5.59. The normalized spacial score (nSPS) is 16.0. The number of fused-ring (bicyclic) bond motifs is 1. The highest BCUT2D eigenvalue weighted by Gasteiger charge is 2.19. The Morgan fingerprint density at radius 3 is 2.86 bits per heavy atom. The van der Waals surface area contributed by atoms with E-state index in [-0.39, 0.29) is 5.69 Å². The Hall–Kier alpha value is -2.05. The van der Waals surface area contributed by atoms with Gasteiger partial charge in [-0.15, -0.1) is 0 Å². The van der Waals surface area contributed by atoms with Crippen molar-refractivity contribution in [1.29, 1.82) is 0 Å². The first kappa shape index (κ1) is 14.9. The molecular weight excluding hydrogens is 284 g/mol. The second-order valence-corrected chi connectivity index (χ2v) is 5.40. The van der Waals surface area contributed by atoms with Crippen LogP contribution in [0.5, 0.6) is 5.75 Å². The van der Waals surface area contributed by atoms with E-state index in [0.29, 0.717) is 6.42 Å². The zero-order chi connectivity index (χ0) is 15.5. The molecule has 1 aromatic carbocycles. The van der Waals surface area contributed by atoms with Gasteiger partial charge in [-0.05, 0) is 30.2 Å². The van der Waals surface area contributed by atoms with Crippen LogP contribution in [0.4, 0.5) is 0 Å². The van der Waals surface area contributed by atoms with Crippen LogP contribution < -0.4 is 4.74 Å². The van der Waals surface area contributed by atoms with Gasteiger partial charge in [-0.25, -0.2) is 4.79 Å². The van der Waals surface area contributed by atoms with Crippen LogP contribution in [0.2, 0.25) is 0 Å². The highest BCUT2D eigenvalue weighted by atomic mass is 16.5. The lowest BCUT2D eigenvalue weighted by Crippen LogP contribution is -2.37. The van der Waals surface area contributed by atoms with Crippen LogP contribution in [0.25, 0.3) is 10.9 Å². The van der Waals surface area contributed by atoms with Crippen molar-refractivity contribution in [3.63, 3.8) is 0 Å². The fourth-order valence-electron chi connectivity index (χ4n) is 2.89. The van der Waals surface area contributed by atoms with Crippen LogP contribution in [0.1, 0.15) is 16.1 Å². The zero-order valence-corrected chi connectivity index (χ0v) is 12.6. The summed E-state index contributed by atoms with van der Waals surface area (Å²) in [7, 11) is 1.61. The molecule has 1 aliphatic heterocycles. The second-order valence-electron chi connectivity index (χ2n) is 5.40. The molecule has 0 amide bonds. The van der Waals surface area contributed by atoms with Gasteiger partial charge in [-0.3, -0.25) is 4.90 Å². The number of benzene rings is 1. The van der Waals surface area contributed by atoms with E-state index >= 15 is 0 Å². The number of nitrogens with zero attached hydrogens (tertiary/aromatic N) is 1. The fourth-order valence-corrected chi connectivity index (χ4v) is 2.89. The molecule has 2 heterocycles. The third-order valence-electron chi connectivity index (χ3n) is 4.11. The van der Waals surface area contributed by atoms with Gasteiger partial charge in [0.05, 0.1) is 20.3 Å². The summed E-state index contributed by atoms with van der Waals surface area (Å²) >= 11 is 0. The number of carboxylic acids is 1. The standard InChI is InChI=1S/C16H20N2O4/c1-21-11-2-3-14-13(10-11)12(15(17-14)16(19)20)4-5-18-6-8-22-9-7-18/h2-3,10,17H,4-9H2,1H3,(H,19,20). The average Bonchev–Trinajstić information content (AvgIpc) is 2.91. The summed E-state index contributed by atoms with van der Waals surface area (Å²) in [5.74, 6) is -0.191. The van der Waals surface area contributed by atoms with E-state index in [0.717, 1.165) is 55.1 Å². The van der Waals surface area contributed by atoms with E-state index in [2.05, 4.69) is 9.88 Å². The van der Waals surface area contributed by atoms with Crippen molar-refractivity contribution in [3.8, 4) is 5.75 Å². The number of nitrogens with one attached hydrogen (secondary N) is 1. The lowest BCUT2D eigenvalue weighted by atomic mass is 10.1. The number of aromatic nitrogens is 1. The molecule has 1 aromatic heterocycles. The topological polar surface area (TPSA) is 74.8 Å². The Morgan fingerprint density at radius 2 is 2.18 bits per heavy atom. The predicted molar refractivity (Wildman–Crippen MR) is 82.8 cm³/mol. The number of methoxy groups -OCH3 is 1. The van der Waals surface area contributed by atoms with Crippen LogP contribution in [0.3, 0.4) is 0 Å². The molecule has 22 heavy (non-hydrogen) atoms. The first-order chi connectivity index (χ1) is 10.7. The molecule has 1 aliphatic rings. The van der Waals surface area contributed by atoms with Crippen LogP contribution in [0.15, 0.2) is 18.2 Å². The maximum atomic E-state index is 11.5. The second kappa shape index (κ2) is 6.37. The highest BCUT2D eigenvalue weighted by molar-refractivity contribution is 5.97. The number of aromatic amines is 1. The lowest BCUT2D eigenvalue weighted by molar-refractivity contribution is 0.0384. The van der Waals surface area contributed by atoms with Crippen LogP contribution >= 0.6 is 0 Å². The first-order valence-electron chi connectivity index (χ1n) is 7.41. The largest absolute Gasteiger partial charge is 0.497 e. The zero-order valence-electron chi connectivity index (χ0n) is 12.6. The van der Waals surface area contributed by atoms with Crippen molar-refractivity contribution in [1.82, 2.24) is 9.88 Å². The monoisotopic (exact) mass is 304 g/mol. The number of carbonyl (C=O) groups is 1. The van der Waals surface area contributed by atoms with E-state index in [9.17, 15) is 9.90 Å². The van der Waals surface area contributed by atoms with Gasteiger partial charge in [-0.2, -0.15) is 0 Å². The third kappa shape index (κ3) is 2.93. The molecule has 6 nitrogen and oxygen atoms in total. The summed E-state index contributed by atoms with van der Waals surface area (Å²) < 4.78 is 10.6. The maximum absolute atomic E-state index is 11.5. The predicted octanol–water partition coefficient (Wildman–Crippen LogP) is 1.75. The molecule has 3 rings (SSSR count). The van der Waals surface area contributed by atoms with Crippen LogP contribution in [-0.2, 0) is 11.2 Å². The molecule has 2 N–H and O–H groups in total. The Balaban J connectivity index is 1.90. The number of carboxylic acid groups (broad SMARTS) is 1. The minimum Gasteiger partial charge on any atom is -0.497 e. The number of morpholine rings is 1. The molecule has 1 fully saturated rings. The average molecular weight is 304 g/mol. The number of aromatic carboxylic acids is 1. The van der Waals surface area contributed by atoms with Crippen molar-refractivity contribution in [3.05, 3.63) is 29.5 Å². The van der Waals surface area contributed by atoms with Gasteiger partial charge >= 0.3 is 5.97 Å². The number of rotatable bonds is 5. The molecular formula is C16H20N2O4. The summed E-state index contributed by atoms with van der Waals surface area (Å²) in [4.78, 5) is 16.8. The molecule has 1 saturated heterocycles. The number of hydrogen-bond acceptors (Lipinski definition) is 4. The van der Waals surface area contributed by atoms with Crippen LogP contribution in [0, 0.1) is 0 Å². The van der Waals surface area contributed by atoms with E-state index in [4.69, 9.17) is 9.47 Å². The summed E-state index contributed by atoms with van der Waals surface area (Å²) in [5.41, 5.74) is 1.94. The first-order valence-corrected chi connectivity index (χ1v) is 7.41. The molecule has 118 valence electrons. The summed E-state index contributed by atoms with van der Waals surface area (Å²) in [6.45, 7) is 4.11. The molecule has 6 heteroatoms. The molecule has 0 atom stereocenters. The molecule has 0 radical (unpaired) electrons. The Kier molecular flexibility index (Phi) is 4.31. The summed E-state index contributed by atoms with van der Waals surface area (Å²) in [6.07, 6.45) is 0.689. The number of ether oxygens (including phenoxy) is 2. The third-order valence-corrected chi connectivity index (χ3v) is 4.11. The summed E-state index contributed by atoms with van der Waals surface area (Å²) in [5, 5.41) is 10.4. The minimum atomic E-state index is -0.924. The van der Waals surface area contributed by atoms with E-state index < -0.39 is 5.97 Å². The fraction of sp³-hybridized carbons (Fsp3) is 0.438. The van der Waals surface area contributed by atoms with E-state index in [1.54, 1.807) is 7.11 Å². The molecule has 0 spiro atoms. The van der Waals surface area contributed by atoms with Crippen molar-refractivity contribution in [2.75, 3.05) is 40.0 Å². The van der Waals surface area contributed by atoms with Crippen molar-refractivity contribution >= 4 is 16.9 Å². The van der Waals surface area contributed by atoms with Gasteiger partial charge in [0.15, 0.2) is 0 Å². The van der Waals surface area contributed by atoms with Gasteiger partial charge in [0.1, 0.15) is 11.4 Å². The van der Waals surface area contributed by atoms with Gasteiger partial charge in [0.2, 0.25) is 0 Å². The van der Waals surface area contributed by atoms with Crippen LogP contribution in [-0.4, -0.2) is 60.9 Å². The molecule has 0 bridgehead atoms. The van der Waals surface area contributed by atoms with Gasteiger partial charge in [0, 0.05) is 30.5 Å². The van der Waals surface area contributed by atoms with Gasteiger partial charge in [0.25, 0.3) is 0 Å². The molecule has 0 aliphatic carbocycles.